The summed E-state index contributed by atoms with van der Waals surface area (Å²) in [5.74, 6) is -1.65. The monoisotopic (exact) mass is 333 g/mol. The molecule has 7 heteroatoms. The van der Waals surface area contributed by atoms with Crippen LogP contribution in [0.3, 0.4) is 0 Å². The second kappa shape index (κ2) is 6.92. The SMILES string of the molecule is O=[N+]([O-])c1ccccc1N1CCN(Cc2cccc(F)c2F)CC1. The van der Waals surface area contributed by atoms with E-state index in [1.165, 1.54) is 12.1 Å². The summed E-state index contributed by atoms with van der Waals surface area (Å²) in [5.41, 5.74) is 1.01. The minimum atomic E-state index is -0.842. The molecule has 1 aliphatic heterocycles. The van der Waals surface area contributed by atoms with Gasteiger partial charge in [-0.25, -0.2) is 8.78 Å². The summed E-state index contributed by atoms with van der Waals surface area (Å²) in [7, 11) is 0. The zero-order valence-corrected chi connectivity index (χ0v) is 13.0. The number of para-hydroxylation sites is 2. The molecule has 0 N–H and O–H groups in total. The van der Waals surface area contributed by atoms with Crippen molar-refractivity contribution in [2.75, 3.05) is 31.1 Å². The van der Waals surface area contributed by atoms with Gasteiger partial charge in [-0.05, 0) is 12.1 Å². The van der Waals surface area contributed by atoms with E-state index in [2.05, 4.69) is 0 Å². The highest BCUT2D eigenvalue weighted by atomic mass is 19.2. The highest BCUT2D eigenvalue weighted by Gasteiger charge is 2.23. The predicted molar refractivity (Wildman–Crippen MR) is 86.9 cm³/mol. The van der Waals surface area contributed by atoms with Crippen molar-refractivity contribution in [1.82, 2.24) is 4.90 Å². The van der Waals surface area contributed by atoms with E-state index in [0.29, 0.717) is 44.0 Å². The topological polar surface area (TPSA) is 49.6 Å². The molecule has 1 aliphatic rings. The molecule has 5 nitrogen and oxygen atoms in total. The molecule has 0 aliphatic carbocycles. The van der Waals surface area contributed by atoms with Crippen molar-refractivity contribution < 1.29 is 13.7 Å². The lowest BCUT2D eigenvalue weighted by Gasteiger charge is -2.35. The third kappa shape index (κ3) is 3.35. The number of nitrogens with zero attached hydrogens (tertiary/aromatic N) is 3. The maximum absolute atomic E-state index is 13.8. The Hall–Kier alpha value is -2.54. The first-order chi connectivity index (χ1) is 11.6. The zero-order chi connectivity index (χ0) is 17.1. The molecular weight excluding hydrogens is 316 g/mol. The van der Waals surface area contributed by atoms with Gasteiger partial charge in [0.05, 0.1) is 4.92 Å². The highest BCUT2D eigenvalue weighted by Crippen LogP contribution is 2.28. The van der Waals surface area contributed by atoms with Gasteiger partial charge in [-0.1, -0.05) is 24.3 Å². The molecule has 1 heterocycles. The summed E-state index contributed by atoms with van der Waals surface area (Å²) < 4.78 is 27.0. The second-order valence-corrected chi connectivity index (χ2v) is 5.72. The van der Waals surface area contributed by atoms with Crippen LogP contribution in [0, 0.1) is 21.7 Å². The molecular formula is C17H17F2N3O2. The van der Waals surface area contributed by atoms with E-state index in [4.69, 9.17) is 0 Å². The summed E-state index contributed by atoms with van der Waals surface area (Å²) in [4.78, 5) is 14.7. The van der Waals surface area contributed by atoms with Crippen LogP contribution in [0.5, 0.6) is 0 Å². The Bertz CT molecular complexity index is 746. The molecule has 2 aromatic rings. The van der Waals surface area contributed by atoms with Crippen molar-refractivity contribution >= 4 is 11.4 Å². The van der Waals surface area contributed by atoms with Crippen LogP contribution in [0.25, 0.3) is 0 Å². The van der Waals surface area contributed by atoms with Gasteiger partial charge < -0.3 is 4.90 Å². The summed E-state index contributed by atoms with van der Waals surface area (Å²) in [6, 6.07) is 10.8. The molecule has 0 atom stereocenters. The van der Waals surface area contributed by atoms with Crippen molar-refractivity contribution in [2.45, 2.75) is 6.54 Å². The molecule has 24 heavy (non-hydrogen) atoms. The van der Waals surface area contributed by atoms with Crippen molar-refractivity contribution in [3.63, 3.8) is 0 Å². The van der Waals surface area contributed by atoms with E-state index < -0.39 is 11.6 Å². The Morgan fingerprint density at radius 1 is 1.00 bits per heavy atom. The number of benzene rings is 2. The largest absolute Gasteiger partial charge is 0.363 e. The number of nitro benzene ring substituents is 1. The first kappa shape index (κ1) is 16.3. The minimum Gasteiger partial charge on any atom is -0.363 e. The molecule has 0 radical (unpaired) electrons. The fourth-order valence-electron chi connectivity index (χ4n) is 2.94. The first-order valence-corrected chi connectivity index (χ1v) is 7.70. The van der Waals surface area contributed by atoms with Crippen molar-refractivity contribution in [1.29, 1.82) is 0 Å². The lowest BCUT2D eigenvalue weighted by atomic mass is 10.1. The Morgan fingerprint density at radius 3 is 2.42 bits per heavy atom. The van der Waals surface area contributed by atoms with Crippen LogP contribution in [0.2, 0.25) is 0 Å². The van der Waals surface area contributed by atoms with Crippen LogP contribution < -0.4 is 4.90 Å². The van der Waals surface area contributed by atoms with Crippen LogP contribution in [0.1, 0.15) is 5.56 Å². The Labute approximate surface area is 138 Å². The molecule has 3 rings (SSSR count). The minimum absolute atomic E-state index is 0.0853. The molecule has 0 unspecified atom stereocenters. The van der Waals surface area contributed by atoms with Crippen LogP contribution in [0.4, 0.5) is 20.2 Å². The molecule has 126 valence electrons. The van der Waals surface area contributed by atoms with Gasteiger partial charge in [-0.3, -0.25) is 15.0 Å². The maximum atomic E-state index is 13.8. The predicted octanol–water partition coefficient (Wildman–Crippen LogP) is 3.20. The zero-order valence-electron chi connectivity index (χ0n) is 13.0. The molecule has 0 amide bonds. The van der Waals surface area contributed by atoms with E-state index in [0.717, 1.165) is 6.07 Å². The molecule has 0 saturated carbocycles. The molecule has 0 spiro atoms. The number of rotatable bonds is 4. The Morgan fingerprint density at radius 2 is 1.71 bits per heavy atom. The fourth-order valence-corrected chi connectivity index (χ4v) is 2.94. The van der Waals surface area contributed by atoms with Crippen molar-refractivity contribution in [3.05, 3.63) is 69.8 Å². The number of hydrogen-bond acceptors (Lipinski definition) is 4. The lowest BCUT2D eigenvalue weighted by Crippen LogP contribution is -2.46. The average Bonchev–Trinajstić information content (AvgIpc) is 2.59. The molecule has 0 bridgehead atoms. The van der Waals surface area contributed by atoms with Gasteiger partial charge in [0, 0.05) is 44.4 Å². The standard InChI is InChI=1S/C17H17F2N3O2/c18-14-5-3-4-13(17(14)19)12-20-8-10-21(11-9-20)15-6-1-2-7-16(15)22(23)24/h1-7H,8-12H2. The van der Waals surface area contributed by atoms with Crippen LogP contribution in [-0.2, 0) is 6.54 Å². The summed E-state index contributed by atoms with van der Waals surface area (Å²) in [6.07, 6.45) is 0. The highest BCUT2D eigenvalue weighted by molar-refractivity contribution is 5.63. The van der Waals surface area contributed by atoms with Gasteiger partial charge >= 0.3 is 0 Å². The van der Waals surface area contributed by atoms with Crippen LogP contribution in [0.15, 0.2) is 42.5 Å². The third-order valence-corrected chi connectivity index (χ3v) is 4.22. The average molecular weight is 333 g/mol. The fraction of sp³-hybridized carbons (Fsp3) is 0.294. The summed E-state index contributed by atoms with van der Waals surface area (Å²) in [5, 5.41) is 11.1. The van der Waals surface area contributed by atoms with Gasteiger partial charge in [0.2, 0.25) is 0 Å². The number of nitro groups is 1. The number of hydrogen-bond donors (Lipinski definition) is 0. The third-order valence-electron chi connectivity index (χ3n) is 4.22. The maximum Gasteiger partial charge on any atom is 0.292 e. The number of halogens is 2. The Kier molecular flexibility index (Phi) is 4.71. The normalized spacial score (nSPS) is 15.5. The number of anilines is 1. The number of piperazine rings is 1. The quantitative estimate of drug-likeness (QED) is 0.637. The van der Waals surface area contributed by atoms with Gasteiger partial charge in [0.1, 0.15) is 5.69 Å². The van der Waals surface area contributed by atoms with E-state index in [-0.39, 0.29) is 10.6 Å². The summed E-state index contributed by atoms with van der Waals surface area (Å²) >= 11 is 0. The molecule has 1 fully saturated rings. The Balaban J connectivity index is 1.66. The van der Waals surface area contributed by atoms with E-state index in [9.17, 15) is 18.9 Å². The summed E-state index contributed by atoms with van der Waals surface area (Å²) in [6.45, 7) is 2.78. The molecule has 2 aromatic carbocycles. The first-order valence-electron chi connectivity index (χ1n) is 7.70. The lowest BCUT2D eigenvalue weighted by molar-refractivity contribution is -0.384. The van der Waals surface area contributed by atoms with Gasteiger partial charge in [-0.2, -0.15) is 0 Å². The van der Waals surface area contributed by atoms with Crippen LogP contribution in [-0.4, -0.2) is 36.0 Å². The van der Waals surface area contributed by atoms with E-state index in [1.54, 1.807) is 24.3 Å². The molecule has 0 aromatic heterocycles. The van der Waals surface area contributed by atoms with Gasteiger partial charge in [0.15, 0.2) is 11.6 Å². The second-order valence-electron chi connectivity index (χ2n) is 5.72. The van der Waals surface area contributed by atoms with E-state index >= 15 is 0 Å². The van der Waals surface area contributed by atoms with E-state index in [1.807, 2.05) is 9.80 Å². The van der Waals surface area contributed by atoms with Gasteiger partial charge in [0.25, 0.3) is 5.69 Å². The van der Waals surface area contributed by atoms with Crippen molar-refractivity contribution in [3.8, 4) is 0 Å². The van der Waals surface area contributed by atoms with Crippen molar-refractivity contribution in [2.24, 2.45) is 0 Å². The smallest absolute Gasteiger partial charge is 0.292 e. The van der Waals surface area contributed by atoms with Crippen LogP contribution >= 0.6 is 0 Å². The molecule has 1 saturated heterocycles. The van der Waals surface area contributed by atoms with Gasteiger partial charge in [-0.15, -0.1) is 0 Å².